The van der Waals surface area contributed by atoms with Gasteiger partial charge in [0.15, 0.2) is 5.78 Å². The molecule has 2 nitrogen and oxygen atoms in total. The fraction of sp³-hybridized carbons (Fsp3) is 0.120. The normalized spacial score (nSPS) is 16.3. The summed E-state index contributed by atoms with van der Waals surface area (Å²) in [6.07, 6.45) is 1.34. The van der Waals surface area contributed by atoms with Gasteiger partial charge in [-0.25, -0.2) is 0 Å². The monoisotopic (exact) mass is 349 g/mol. The molecule has 0 radical (unpaired) electrons. The first-order chi connectivity index (χ1) is 13.3. The summed E-state index contributed by atoms with van der Waals surface area (Å²) < 4.78 is 0. The van der Waals surface area contributed by atoms with Crippen molar-refractivity contribution in [1.82, 2.24) is 4.98 Å². The molecule has 130 valence electrons. The Hall–Kier alpha value is -3.26. The second kappa shape index (κ2) is 6.48. The van der Waals surface area contributed by atoms with Crippen LogP contribution < -0.4 is 0 Å². The van der Waals surface area contributed by atoms with Crippen molar-refractivity contribution in [3.05, 3.63) is 102 Å². The summed E-state index contributed by atoms with van der Waals surface area (Å²) in [7, 11) is 0. The van der Waals surface area contributed by atoms with E-state index in [9.17, 15) is 4.79 Å². The van der Waals surface area contributed by atoms with E-state index in [1.165, 1.54) is 5.56 Å². The van der Waals surface area contributed by atoms with Gasteiger partial charge in [0.2, 0.25) is 0 Å². The Labute approximate surface area is 158 Å². The Balaban J connectivity index is 1.74. The summed E-state index contributed by atoms with van der Waals surface area (Å²) >= 11 is 0. The van der Waals surface area contributed by atoms with Crippen LogP contribution in [-0.4, -0.2) is 10.8 Å². The lowest BCUT2D eigenvalue weighted by molar-refractivity contribution is 0.0964. The molecule has 0 fully saturated rings. The minimum Gasteiger partial charge on any atom is -0.294 e. The van der Waals surface area contributed by atoms with E-state index in [0.29, 0.717) is 6.42 Å². The number of carbonyl (C=O) groups is 1. The molecule has 1 unspecified atom stereocenters. The highest BCUT2D eigenvalue weighted by Gasteiger charge is 2.31. The van der Waals surface area contributed by atoms with Gasteiger partial charge in [-0.2, -0.15) is 0 Å². The second-order valence-corrected chi connectivity index (χ2v) is 7.13. The van der Waals surface area contributed by atoms with Crippen LogP contribution in [0.15, 0.2) is 84.9 Å². The van der Waals surface area contributed by atoms with Crippen LogP contribution in [0, 0.1) is 0 Å². The van der Waals surface area contributed by atoms with Crippen LogP contribution in [0.1, 0.15) is 34.0 Å². The molecule has 0 bridgehead atoms. The summed E-state index contributed by atoms with van der Waals surface area (Å²) in [5.74, 6) is 0.394. The number of hydrogen-bond donors (Lipinski definition) is 0. The van der Waals surface area contributed by atoms with E-state index in [4.69, 9.17) is 4.98 Å². The quantitative estimate of drug-likeness (QED) is 0.457. The predicted octanol–water partition coefficient (Wildman–Crippen LogP) is 5.81. The van der Waals surface area contributed by atoms with Crippen LogP contribution in [0.5, 0.6) is 0 Å². The molecule has 0 saturated carbocycles. The Morgan fingerprint density at radius 3 is 2.15 bits per heavy atom. The van der Waals surface area contributed by atoms with Crippen molar-refractivity contribution in [2.45, 2.75) is 18.8 Å². The number of ketones is 1. The minimum atomic E-state index is 0.196. The zero-order valence-electron chi connectivity index (χ0n) is 14.9. The Morgan fingerprint density at radius 1 is 0.704 bits per heavy atom. The maximum Gasteiger partial charge on any atom is 0.165 e. The van der Waals surface area contributed by atoms with Gasteiger partial charge < -0.3 is 0 Å². The average Bonchev–Trinajstić information content (AvgIpc) is 2.73. The van der Waals surface area contributed by atoms with Gasteiger partial charge in [0.1, 0.15) is 0 Å². The molecule has 1 atom stereocenters. The van der Waals surface area contributed by atoms with Crippen LogP contribution in [0.3, 0.4) is 0 Å². The summed E-state index contributed by atoms with van der Waals surface area (Å²) in [5.41, 5.74) is 6.03. The van der Waals surface area contributed by atoms with Crippen molar-refractivity contribution in [3.8, 4) is 11.1 Å². The average molecular weight is 349 g/mol. The molecule has 1 aliphatic rings. The van der Waals surface area contributed by atoms with Gasteiger partial charge in [0.05, 0.1) is 11.2 Å². The molecule has 0 aliphatic heterocycles. The minimum absolute atomic E-state index is 0.196. The van der Waals surface area contributed by atoms with Crippen LogP contribution in [0.25, 0.3) is 22.0 Å². The van der Waals surface area contributed by atoms with E-state index in [1.807, 2.05) is 54.6 Å². The Morgan fingerprint density at radius 2 is 1.37 bits per heavy atom. The zero-order valence-corrected chi connectivity index (χ0v) is 14.9. The molecular weight excluding hydrogens is 330 g/mol. The first-order valence-electron chi connectivity index (χ1n) is 9.36. The van der Waals surface area contributed by atoms with Gasteiger partial charge in [0.25, 0.3) is 0 Å². The third kappa shape index (κ3) is 2.74. The second-order valence-electron chi connectivity index (χ2n) is 7.13. The number of nitrogens with zero attached hydrogens (tertiary/aromatic N) is 1. The van der Waals surface area contributed by atoms with Gasteiger partial charge in [-0.3, -0.25) is 9.78 Å². The van der Waals surface area contributed by atoms with Crippen LogP contribution in [-0.2, 0) is 6.42 Å². The third-order valence-corrected chi connectivity index (χ3v) is 5.45. The molecule has 27 heavy (non-hydrogen) atoms. The van der Waals surface area contributed by atoms with E-state index in [1.54, 1.807) is 0 Å². The summed E-state index contributed by atoms with van der Waals surface area (Å²) in [5, 5.41) is 1.05. The van der Waals surface area contributed by atoms with E-state index in [-0.39, 0.29) is 11.7 Å². The van der Waals surface area contributed by atoms with Crippen molar-refractivity contribution in [2.75, 3.05) is 0 Å². The highest BCUT2D eigenvalue weighted by Crippen LogP contribution is 2.40. The number of Topliss-reactive ketones (excluding diaryl/α,β-unsaturated/α-hetero) is 1. The number of carbonyl (C=O) groups excluding carboxylic acids is 1. The highest BCUT2D eigenvalue weighted by molar-refractivity contribution is 6.11. The van der Waals surface area contributed by atoms with Crippen LogP contribution in [0.2, 0.25) is 0 Å². The molecule has 4 aromatic rings. The molecular formula is C25H19NO. The van der Waals surface area contributed by atoms with Crippen LogP contribution >= 0.6 is 0 Å². The lowest BCUT2D eigenvalue weighted by Crippen LogP contribution is -2.21. The molecule has 0 amide bonds. The topological polar surface area (TPSA) is 30.0 Å². The van der Waals surface area contributed by atoms with Gasteiger partial charge in [0, 0.05) is 22.9 Å². The molecule has 2 heteroatoms. The molecule has 0 saturated heterocycles. The largest absolute Gasteiger partial charge is 0.294 e. The number of para-hydroxylation sites is 1. The predicted molar refractivity (Wildman–Crippen MR) is 109 cm³/mol. The van der Waals surface area contributed by atoms with E-state index in [2.05, 4.69) is 30.3 Å². The van der Waals surface area contributed by atoms with Crippen molar-refractivity contribution in [2.24, 2.45) is 0 Å². The van der Waals surface area contributed by atoms with Gasteiger partial charge >= 0.3 is 0 Å². The SMILES string of the molecule is O=C1CC(c2ccccc2)Cc2nc3ccccc3c(-c3ccccc3)c21. The number of pyridine rings is 1. The fourth-order valence-corrected chi connectivity index (χ4v) is 4.21. The van der Waals surface area contributed by atoms with Crippen molar-refractivity contribution in [1.29, 1.82) is 0 Å². The molecule has 1 heterocycles. The van der Waals surface area contributed by atoms with Gasteiger partial charge in [-0.05, 0) is 29.5 Å². The smallest absolute Gasteiger partial charge is 0.165 e. The zero-order chi connectivity index (χ0) is 18.2. The van der Waals surface area contributed by atoms with Crippen molar-refractivity contribution >= 4 is 16.7 Å². The number of hydrogen-bond acceptors (Lipinski definition) is 2. The molecule has 1 aliphatic carbocycles. The molecule has 3 aromatic carbocycles. The third-order valence-electron chi connectivity index (χ3n) is 5.45. The first-order valence-corrected chi connectivity index (χ1v) is 9.36. The number of rotatable bonds is 2. The Kier molecular flexibility index (Phi) is 3.83. The maximum absolute atomic E-state index is 13.3. The van der Waals surface area contributed by atoms with Gasteiger partial charge in [-0.15, -0.1) is 0 Å². The Bertz CT molecular complexity index is 1130. The standard InChI is InChI=1S/C25H19NO/c27-23-16-19(17-9-3-1-4-10-17)15-22-25(23)24(18-11-5-2-6-12-18)20-13-7-8-14-21(20)26-22/h1-14,19H,15-16H2. The van der Waals surface area contributed by atoms with E-state index in [0.717, 1.165) is 39.7 Å². The molecule has 1 aromatic heterocycles. The summed E-state index contributed by atoms with van der Waals surface area (Å²) in [4.78, 5) is 18.2. The molecule has 0 N–H and O–H groups in total. The fourth-order valence-electron chi connectivity index (χ4n) is 4.21. The van der Waals surface area contributed by atoms with Crippen LogP contribution in [0.4, 0.5) is 0 Å². The lowest BCUT2D eigenvalue weighted by atomic mass is 9.78. The number of aromatic nitrogens is 1. The van der Waals surface area contributed by atoms with E-state index >= 15 is 0 Å². The van der Waals surface area contributed by atoms with E-state index < -0.39 is 0 Å². The van der Waals surface area contributed by atoms with Gasteiger partial charge in [-0.1, -0.05) is 78.9 Å². The van der Waals surface area contributed by atoms with Crippen molar-refractivity contribution in [3.63, 3.8) is 0 Å². The number of benzene rings is 3. The molecule has 5 rings (SSSR count). The molecule has 0 spiro atoms. The maximum atomic E-state index is 13.3. The van der Waals surface area contributed by atoms with Crippen molar-refractivity contribution < 1.29 is 4.79 Å². The first kappa shape index (κ1) is 16.0. The number of fused-ring (bicyclic) bond motifs is 2. The highest BCUT2D eigenvalue weighted by atomic mass is 16.1. The summed E-state index contributed by atoms with van der Waals surface area (Å²) in [6, 6.07) is 28.7. The summed E-state index contributed by atoms with van der Waals surface area (Å²) in [6.45, 7) is 0. The lowest BCUT2D eigenvalue weighted by Gasteiger charge is -2.26.